The Kier molecular flexibility index (Phi) is 4.75. The second-order valence-electron chi connectivity index (χ2n) is 5.38. The number of methoxy groups -OCH3 is 1. The second kappa shape index (κ2) is 7.13. The van der Waals surface area contributed by atoms with Gasteiger partial charge in [-0.3, -0.25) is 4.99 Å². The highest BCUT2D eigenvalue weighted by Crippen LogP contribution is 2.16. The largest absolute Gasteiger partial charge is 0.496 e. The molecule has 3 rings (SSSR count). The van der Waals surface area contributed by atoms with Crippen LogP contribution >= 0.6 is 0 Å². The van der Waals surface area contributed by atoms with Crippen LogP contribution in [0.3, 0.4) is 0 Å². The van der Waals surface area contributed by atoms with Crippen LogP contribution in [-0.4, -0.2) is 34.9 Å². The molecule has 2 N–H and O–H groups in total. The van der Waals surface area contributed by atoms with Crippen LogP contribution in [0.4, 0.5) is 0 Å². The number of rotatable bonds is 5. The molecule has 0 saturated heterocycles. The number of aliphatic imine (C=N–C) groups is 1. The van der Waals surface area contributed by atoms with E-state index in [1.807, 2.05) is 24.3 Å². The summed E-state index contributed by atoms with van der Waals surface area (Å²) in [4.78, 5) is 4.25. The summed E-state index contributed by atoms with van der Waals surface area (Å²) in [5, 5.41) is 15.0. The van der Waals surface area contributed by atoms with E-state index in [9.17, 15) is 0 Å². The highest BCUT2D eigenvalue weighted by atomic mass is 16.5. The van der Waals surface area contributed by atoms with Crippen molar-refractivity contribution in [1.29, 1.82) is 0 Å². The fraction of sp³-hybridized carbons (Fsp3) is 0.438. The van der Waals surface area contributed by atoms with Crippen molar-refractivity contribution in [3.05, 3.63) is 41.5 Å². The molecule has 1 aliphatic rings. The van der Waals surface area contributed by atoms with Crippen LogP contribution in [0, 0.1) is 0 Å². The molecular formula is C16H22N6O. The Balaban J connectivity index is 1.56. The topological polar surface area (TPSA) is 76.4 Å². The molecule has 7 heteroatoms. The van der Waals surface area contributed by atoms with Gasteiger partial charge in [-0.25, -0.2) is 0 Å². The number of fused-ring (bicyclic) bond motifs is 1. The first-order valence-electron chi connectivity index (χ1n) is 7.79. The van der Waals surface area contributed by atoms with Crippen molar-refractivity contribution in [1.82, 2.24) is 25.4 Å². The maximum Gasteiger partial charge on any atom is 0.191 e. The van der Waals surface area contributed by atoms with Crippen LogP contribution in [0.2, 0.25) is 0 Å². The van der Waals surface area contributed by atoms with Crippen molar-refractivity contribution < 1.29 is 4.74 Å². The first-order valence-corrected chi connectivity index (χ1v) is 7.79. The first-order chi connectivity index (χ1) is 11.3. The normalized spacial score (nSPS) is 13.7. The van der Waals surface area contributed by atoms with Gasteiger partial charge in [0.15, 0.2) is 11.8 Å². The monoisotopic (exact) mass is 314 g/mol. The summed E-state index contributed by atoms with van der Waals surface area (Å²) in [7, 11) is 3.43. The highest BCUT2D eigenvalue weighted by Gasteiger charge is 2.17. The van der Waals surface area contributed by atoms with Gasteiger partial charge in [-0.15, -0.1) is 10.2 Å². The maximum absolute atomic E-state index is 5.36. The summed E-state index contributed by atoms with van der Waals surface area (Å²) >= 11 is 0. The number of aryl methyl sites for hydroxylation is 1. The van der Waals surface area contributed by atoms with Crippen molar-refractivity contribution in [3.63, 3.8) is 0 Å². The molecule has 23 heavy (non-hydrogen) atoms. The van der Waals surface area contributed by atoms with Crippen LogP contribution in [0.15, 0.2) is 29.3 Å². The van der Waals surface area contributed by atoms with E-state index < -0.39 is 0 Å². The van der Waals surface area contributed by atoms with E-state index in [1.54, 1.807) is 14.2 Å². The molecule has 0 radical (unpaired) electrons. The summed E-state index contributed by atoms with van der Waals surface area (Å²) in [6.45, 7) is 2.26. The van der Waals surface area contributed by atoms with Crippen LogP contribution in [0.25, 0.3) is 0 Å². The van der Waals surface area contributed by atoms with Crippen LogP contribution in [0.1, 0.15) is 23.6 Å². The molecule has 1 aromatic carbocycles. The summed E-state index contributed by atoms with van der Waals surface area (Å²) in [6, 6.07) is 7.94. The van der Waals surface area contributed by atoms with Crippen LogP contribution in [0.5, 0.6) is 5.75 Å². The fourth-order valence-electron chi connectivity index (χ4n) is 2.75. The van der Waals surface area contributed by atoms with Crippen LogP contribution < -0.4 is 15.4 Å². The molecule has 2 aromatic rings. The molecule has 1 aliphatic heterocycles. The molecule has 0 unspecified atom stereocenters. The summed E-state index contributed by atoms with van der Waals surface area (Å²) < 4.78 is 7.54. The molecule has 0 saturated carbocycles. The zero-order valence-corrected chi connectivity index (χ0v) is 13.5. The van der Waals surface area contributed by atoms with E-state index in [0.29, 0.717) is 13.1 Å². The number of nitrogens with one attached hydrogen (secondary N) is 2. The number of ether oxygens (including phenoxy) is 1. The minimum Gasteiger partial charge on any atom is -0.496 e. The Morgan fingerprint density at radius 3 is 2.91 bits per heavy atom. The number of aromatic nitrogens is 3. The zero-order valence-electron chi connectivity index (χ0n) is 13.5. The number of nitrogens with zero attached hydrogens (tertiary/aromatic N) is 4. The third-order valence-corrected chi connectivity index (χ3v) is 3.96. The molecule has 0 spiro atoms. The number of hydrogen-bond donors (Lipinski definition) is 2. The molecule has 2 heterocycles. The lowest BCUT2D eigenvalue weighted by Gasteiger charge is -2.13. The number of para-hydroxylation sites is 1. The maximum atomic E-state index is 5.36. The minimum absolute atomic E-state index is 0.610. The average molecular weight is 314 g/mol. The van der Waals surface area contributed by atoms with E-state index in [2.05, 4.69) is 30.4 Å². The van der Waals surface area contributed by atoms with E-state index in [0.717, 1.165) is 48.3 Å². The van der Waals surface area contributed by atoms with Crippen molar-refractivity contribution in [2.24, 2.45) is 4.99 Å². The Labute approximate surface area is 135 Å². The van der Waals surface area contributed by atoms with E-state index >= 15 is 0 Å². The van der Waals surface area contributed by atoms with Crippen molar-refractivity contribution in [2.45, 2.75) is 32.5 Å². The van der Waals surface area contributed by atoms with Gasteiger partial charge in [0.05, 0.1) is 13.7 Å². The summed E-state index contributed by atoms with van der Waals surface area (Å²) in [6.07, 6.45) is 2.17. The van der Waals surface area contributed by atoms with Gasteiger partial charge >= 0.3 is 0 Å². The zero-order chi connectivity index (χ0) is 16.1. The Morgan fingerprint density at radius 2 is 2.09 bits per heavy atom. The summed E-state index contributed by atoms with van der Waals surface area (Å²) in [5.74, 6) is 3.63. The summed E-state index contributed by atoms with van der Waals surface area (Å²) in [5.41, 5.74) is 1.08. The van der Waals surface area contributed by atoms with Gasteiger partial charge in [-0.1, -0.05) is 18.2 Å². The molecule has 0 fully saturated rings. The van der Waals surface area contributed by atoms with Gasteiger partial charge in [-0.2, -0.15) is 0 Å². The van der Waals surface area contributed by atoms with Gasteiger partial charge in [0.2, 0.25) is 0 Å². The molecule has 122 valence electrons. The smallest absolute Gasteiger partial charge is 0.191 e. The van der Waals surface area contributed by atoms with E-state index in [1.165, 1.54) is 0 Å². The molecule has 7 nitrogen and oxygen atoms in total. The highest BCUT2D eigenvalue weighted by molar-refractivity contribution is 5.79. The second-order valence-corrected chi connectivity index (χ2v) is 5.38. The first kappa shape index (κ1) is 15.3. The molecule has 0 atom stereocenters. The lowest BCUT2D eigenvalue weighted by molar-refractivity contribution is 0.409. The van der Waals surface area contributed by atoms with Gasteiger partial charge in [0, 0.05) is 32.1 Å². The quantitative estimate of drug-likeness (QED) is 0.638. The van der Waals surface area contributed by atoms with E-state index in [-0.39, 0.29) is 0 Å². The fourth-order valence-corrected chi connectivity index (χ4v) is 2.75. The van der Waals surface area contributed by atoms with Gasteiger partial charge in [0.1, 0.15) is 11.6 Å². The van der Waals surface area contributed by atoms with Crippen molar-refractivity contribution in [3.8, 4) is 5.75 Å². The number of benzene rings is 1. The third kappa shape index (κ3) is 3.44. The minimum atomic E-state index is 0.610. The Morgan fingerprint density at radius 1 is 1.26 bits per heavy atom. The lowest BCUT2D eigenvalue weighted by Crippen LogP contribution is -2.37. The lowest BCUT2D eigenvalue weighted by atomic mass is 10.2. The third-order valence-electron chi connectivity index (χ3n) is 3.96. The standard InChI is InChI=1S/C16H22N6O/c1-17-16(18-10-12-6-3-4-7-13(12)23-2)19-11-15-21-20-14-8-5-9-22(14)15/h3-4,6-7H,5,8-11H2,1-2H3,(H2,17,18,19). The Hall–Kier alpha value is -2.57. The van der Waals surface area contributed by atoms with Crippen molar-refractivity contribution in [2.75, 3.05) is 14.2 Å². The van der Waals surface area contributed by atoms with Gasteiger partial charge in [0.25, 0.3) is 0 Å². The number of guanidine groups is 1. The molecule has 0 amide bonds. The number of hydrogen-bond acceptors (Lipinski definition) is 4. The van der Waals surface area contributed by atoms with Gasteiger partial charge in [-0.05, 0) is 12.5 Å². The molecule has 1 aromatic heterocycles. The van der Waals surface area contributed by atoms with Crippen LogP contribution in [-0.2, 0) is 26.1 Å². The Bertz CT molecular complexity index is 694. The predicted molar refractivity (Wildman–Crippen MR) is 88.4 cm³/mol. The molecule has 0 bridgehead atoms. The average Bonchev–Trinajstić information content (AvgIpc) is 3.19. The molecule has 0 aliphatic carbocycles. The van der Waals surface area contributed by atoms with Gasteiger partial charge < -0.3 is 19.9 Å². The predicted octanol–water partition coefficient (Wildman–Crippen LogP) is 1.10. The SMILES string of the molecule is CN=C(NCc1ccccc1OC)NCc1nnc2n1CCC2. The van der Waals surface area contributed by atoms with Crippen molar-refractivity contribution >= 4 is 5.96 Å². The van der Waals surface area contributed by atoms with E-state index in [4.69, 9.17) is 4.74 Å². The molecular weight excluding hydrogens is 292 g/mol.